The lowest BCUT2D eigenvalue weighted by Crippen LogP contribution is -2.46. The lowest BCUT2D eigenvalue weighted by Gasteiger charge is -2.30. The third-order valence-electron chi connectivity index (χ3n) is 3.12. The summed E-state index contributed by atoms with van der Waals surface area (Å²) in [6, 6.07) is 3.05. The van der Waals surface area contributed by atoms with Crippen molar-refractivity contribution in [2.45, 2.75) is 23.1 Å². The first kappa shape index (κ1) is 15.7. The zero-order chi connectivity index (χ0) is 14.8. The van der Waals surface area contributed by atoms with E-state index in [1.54, 1.807) is 4.90 Å². The zero-order valence-electron chi connectivity index (χ0n) is 10.7. The second-order valence-corrected chi connectivity index (χ2v) is 8.31. The monoisotopic (exact) mass is 337 g/mol. The minimum Gasteiger partial charge on any atom is -0.341 e. The van der Waals surface area contributed by atoms with Crippen LogP contribution in [-0.4, -0.2) is 44.9 Å². The van der Waals surface area contributed by atoms with E-state index in [0.29, 0.717) is 17.4 Å². The summed E-state index contributed by atoms with van der Waals surface area (Å²) in [4.78, 5) is 13.6. The number of amides is 1. The Hall–Kier alpha value is -0.670. The summed E-state index contributed by atoms with van der Waals surface area (Å²) in [7, 11) is -3.67. The maximum absolute atomic E-state index is 11.9. The number of nitrogens with two attached hydrogens (primary N) is 1. The zero-order valence-corrected chi connectivity index (χ0v) is 13.1. The molecule has 1 amide bonds. The predicted octanol–water partition coefficient (Wildman–Crippen LogP) is 0.629. The number of sulfonamides is 1. The molecule has 1 aromatic heterocycles. The van der Waals surface area contributed by atoms with Crippen molar-refractivity contribution in [2.24, 2.45) is 5.73 Å². The molecule has 1 aliphatic rings. The molecule has 9 heteroatoms. The number of halogens is 1. The van der Waals surface area contributed by atoms with Crippen LogP contribution in [0.2, 0.25) is 4.34 Å². The number of carbonyl (C=O) groups excluding carboxylic acids is 1. The number of piperidine rings is 1. The summed E-state index contributed by atoms with van der Waals surface area (Å²) in [6.07, 6.45) is 1.50. The van der Waals surface area contributed by atoms with Gasteiger partial charge in [0.1, 0.15) is 4.21 Å². The first-order chi connectivity index (χ1) is 9.38. The van der Waals surface area contributed by atoms with E-state index < -0.39 is 10.0 Å². The molecule has 112 valence electrons. The van der Waals surface area contributed by atoms with E-state index in [-0.39, 0.29) is 22.7 Å². The van der Waals surface area contributed by atoms with Crippen molar-refractivity contribution in [3.05, 3.63) is 16.5 Å². The molecule has 2 rings (SSSR count). The first-order valence-electron chi connectivity index (χ1n) is 6.17. The van der Waals surface area contributed by atoms with Crippen LogP contribution in [0.3, 0.4) is 0 Å². The van der Waals surface area contributed by atoms with Crippen LogP contribution >= 0.6 is 22.9 Å². The fourth-order valence-electron chi connectivity index (χ4n) is 1.93. The third kappa shape index (κ3) is 3.92. The Bertz CT molecular complexity index is 579. The molecule has 20 heavy (non-hydrogen) atoms. The van der Waals surface area contributed by atoms with Crippen molar-refractivity contribution in [2.75, 3.05) is 19.6 Å². The van der Waals surface area contributed by atoms with Gasteiger partial charge in [-0.3, -0.25) is 4.79 Å². The fourth-order valence-corrected chi connectivity index (χ4v) is 4.43. The fraction of sp³-hybridized carbons (Fsp3) is 0.545. The van der Waals surface area contributed by atoms with Gasteiger partial charge < -0.3 is 10.6 Å². The number of nitrogens with one attached hydrogen (secondary N) is 1. The maximum atomic E-state index is 11.9. The lowest BCUT2D eigenvalue weighted by molar-refractivity contribution is -0.130. The van der Waals surface area contributed by atoms with Crippen molar-refractivity contribution < 1.29 is 13.2 Å². The molecule has 0 radical (unpaired) electrons. The van der Waals surface area contributed by atoms with Crippen LogP contribution in [0.1, 0.15) is 12.8 Å². The van der Waals surface area contributed by atoms with Gasteiger partial charge in [-0.05, 0) is 25.0 Å². The van der Waals surface area contributed by atoms with Gasteiger partial charge in [0.25, 0.3) is 10.0 Å². The van der Waals surface area contributed by atoms with Crippen LogP contribution < -0.4 is 10.5 Å². The normalized spacial score (nSPS) is 17.4. The largest absolute Gasteiger partial charge is 0.341 e. The van der Waals surface area contributed by atoms with E-state index in [1.165, 1.54) is 12.1 Å². The standard InChI is InChI=1S/C11H16ClN3O3S2/c12-9-1-2-11(19-9)20(17,18)14-7-10(16)15-5-3-8(13)4-6-15/h1-2,8,14H,3-7,13H2. The van der Waals surface area contributed by atoms with Gasteiger partial charge in [0.2, 0.25) is 5.91 Å². The van der Waals surface area contributed by atoms with Gasteiger partial charge in [0.05, 0.1) is 10.9 Å². The van der Waals surface area contributed by atoms with E-state index in [9.17, 15) is 13.2 Å². The quantitative estimate of drug-likeness (QED) is 0.842. The summed E-state index contributed by atoms with van der Waals surface area (Å²) in [5.74, 6) is -0.233. The number of carbonyl (C=O) groups is 1. The molecule has 0 spiro atoms. The molecule has 0 bridgehead atoms. The molecule has 1 fully saturated rings. The van der Waals surface area contributed by atoms with Gasteiger partial charge in [0, 0.05) is 19.1 Å². The number of likely N-dealkylation sites (tertiary alicyclic amines) is 1. The number of nitrogens with zero attached hydrogens (tertiary/aromatic N) is 1. The summed E-state index contributed by atoms with van der Waals surface area (Å²) < 4.78 is 26.7. The summed E-state index contributed by atoms with van der Waals surface area (Å²) in [6.45, 7) is 0.909. The molecular formula is C11H16ClN3O3S2. The minimum atomic E-state index is -3.67. The highest BCUT2D eigenvalue weighted by Gasteiger charge is 2.23. The Balaban J connectivity index is 1.90. The molecule has 1 aliphatic heterocycles. The second-order valence-electron chi connectivity index (χ2n) is 4.60. The lowest BCUT2D eigenvalue weighted by atomic mass is 10.1. The molecule has 0 aliphatic carbocycles. The van der Waals surface area contributed by atoms with E-state index >= 15 is 0 Å². The first-order valence-corrected chi connectivity index (χ1v) is 8.84. The topological polar surface area (TPSA) is 92.5 Å². The molecular weight excluding hydrogens is 322 g/mol. The minimum absolute atomic E-state index is 0.107. The molecule has 6 nitrogen and oxygen atoms in total. The van der Waals surface area contributed by atoms with Crippen molar-refractivity contribution in [3.8, 4) is 0 Å². The van der Waals surface area contributed by atoms with E-state index in [1.807, 2.05) is 0 Å². The van der Waals surface area contributed by atoms with Gasteiger partial charge in [-0.2, -0.15) is 0 Å². The number of hydrogen-bond donors (Lipinski definition) is 2. The number of hydrogen-bond acceptors (Lipinski definition) is 5. The van der Waals surface area contributed by atoms with E-state index in [0.717, 1.165) is 24.2 Å². The summed E-state index contributed by atoms with van der Waals surface area (Å²) in [5, 5.41) is 0. The Morgan fingerprint density at radius 2 is 2.10 bits per heavy atom. The smallest absolute Gasteiger partial charge is 0.250 e. The Morgan fingerprint density at radius 1 is 1.45 bits per heavy atom. The molecule has 1 saturated heterocycles. The molecule has 2 heterocycles. The Labute approximate surface area is 126 Å². The highest BCUT2D eigenvalue weighted by atomic mass is 35.5. The molecule has 1 aromatic rings. The summed E-state index contributed by atoms with van der Waals surface area (Å²) in [5.41, 5.74) is 5.76. The maximum Gasteiger partial charge on any atom is 0.250 e. The molecule has 0 atom stereocenters. The molecule has 0 saturated carbocycles. The van der Waals surface area contributed by atoms with Crippen LogP contribution in [0, 0.1) is 0 Å². The highest BCUT2D eigenvalue weighted by molar-refractivity contribution is 7.91. The van der Waals surface area contributed by atoms with Crippen LogP contribution in [0.15, 0.2) is 16.3 Å². The number of thiophene rings is 1. The van der Waals surface area contributed by atoms with Crippen molar-refractivity contribution >= 4 is 38.9 Å². The van der Waals surface area contributed by atoms with Crippen LogP contribution in [0.5, 0.6) is 0 Å². The van der Waals surface area contributed by atoms with Gasteiger partial charge in [-0.25, -0.2) is 13.1 Å². The Kier molecular flexibility index (Phi) is 5.03. The van der Waals surface area contributed by atoms with Crippen molar-refractivity contribution in [3.63, 3.8) is 0 Å². The van der Waals surface area contributed by atoms with Gasteiger partial charge in [-0.1, -0.05) is 11.6 Å². The number of rotatable bonds is 4. The summed E-state index contributed by atoms with van der Waals surface area (Å²) >= 11 is 6.66. The predicted molar refractivity (Wildman–Crippen MR) is 78.3 cm³/mol. The molecule has 0 unspecified atom stereocenters. The van der Waals surface area contributed by atoms with Crippen LogP contribution in [0.25, 0.3) is 0 Å². The second kappa shape index (κ2) is 6.40. The van der Waals surface area contributed by atoms with Crippen molar-refractivity contribution in [1.29, 1.82) is 0 Å². The average Bonchev–Trinajstić information content (AvgIpc) is 2.84. The molecule has 0 aromatic carbocycles. The van der Waals surface area contributed by atoms with Crippen molar-refractivity contribution in [1.82, 2.24) is 9.62 Å². The van der Waals surface area contributed by atoms with Crippen LogP contribution in [0.4, 0.5) is 0 Å². The average molecular weight is 338 g/mol. The highest BCUT2D eigenvalue weighted by Crippen LogP contribution is 2.25. The van der Waals surface area contributed by atoms with Crippen LogP contribution in [-0.2, 0) is 14.8 Å². The van der Waals surface area contributed by atoms with Gasteiger partial charge in [-0.15, -0.1) is 11.3 Å². The Morgan fingerprint density at radius 3 is 2.65 bits per heavy atom. The SMILES string of the molecule is NC1CCN(C(=O)CNS(=O)(=O)c2ccc(Cl)s2)CC1. The molecule has 3 N–H and O–H groups in total. The third-order valence-corrected chi connectivity index (χ3v) is 6.24. The van der Waals surface area contributed by atoms with E-state index in [4.69, 9.17) is 17.3 Å². The van der Waals surface area contributed by atoms with Gasteiger partial charge in [0.15, 0.2) is 0 Å². The van der Waals surface area contributed by atoms with Gasteiger partial charge >= 0.3 is 0 Å². The van der Waals surface area contributed by atoms with E-state index in [2.05, 4.69) is 4.72 Å².